The van der Waals surface area contributed by atoms with E-state index in [9.17, 15) is 14.4 Å². The van der Waals surface area contributed by atoms with Crippen molar-refractivity contribution in [2.75, 3.05) is 18.5 Å². The second-order valence-electron chi connectivity index (χ2n) is 7.04. The highest BCUT2D eigenvalue weighted by Crippen LogP contribution is 2.22. The van der Waals surface area contributed by atoms with Crippen molar-refractivity contribution < 1.29 is 23.9 Å². The van der Waals surface area contributed by atoms with E-state index in [1.165, 1.54) is 6.92 Å². The first-order valence-corrected chi connectivity index (χ1v) is 9.80. The quantitative estimate of drug-likeness (QED) is 0.649. The molecule has 30 heavy (non-hydrogen) atoms. The lowest BCUT2D eigenvalue weighted by Crippen LogP contribution is -2.36. The van der Waals surface area contributed by atoms with E-state index in [1.54, 1.807) is 24.3 Å². The van der Waals surface area contributed by atoms with Crippen LogP contribution in [0.5, 0.6) is 5.75 Å². The summed E-state index contributed by atoms with van der Waals surface area (Å²) in [5.41, 5.74) is 4.06. The van der Waals surface area contributed by atoms with Gasteiger partial charge in [0, 0.05) is 11.3 Å². The third kappa shape index (κ3) is 6.34. The van der Waals surface area contributed by atoms with Gasteiger partial charge in [-0.3, -0.25) is 14.4 Å². The van der Waals surface area contributed by atoms with Gasteiger partial charge in [0.15, 0.2) is 6.10 Å². The lowest BCUT2D eigenvalue weighted by Gasteiger charge is -2.17. The van der Waals surface area contributed by atoms with Gasteiger partial charge in [-0.05, 0) is 70.0 Å². The molecular formula is C23H28N2O5. The first-order chi connectivity index (χ1) is 14.2. The van der Waals surface area contributed by atoms with Crippen LogP contribution in [0.15, 0.2) is 36.4 Å². The number of carbonyl (C=O) groups excluding carboxylic acids is 3. The second-order valence-corrected chi connectivity index (χ2v) is 7.04. The van der Waals surface area contributed by atoms with Crippen LogP contribution in [0.3, 0.4) is 0 Å². The summed E-state index contributed by atoms with van der Waals surface area (Å²) in [4.78, 5) is 36.6. The molecule has 0 aromatic heterocycles. The molecule has 1 unspecified atom stereocenters. The zero-order valence-electron chi connectivity index (χ0n) is 18.0. The fraction of sp³-hybridized carbons (Fsp3) is 0.348. The van der Waals surface area contributed by atoms with Gasteiger partial charge in [0.05, 0.1) is 6.61 Å². The molecule has 0 fully saturated rings. The molecule has 0 heterocycles. The highest BCUT2D eigenvalue weighted by Gasteiger charge is 2.20. The zero-order valence-corrected chi connectivity index (χ0v) is 18.0. The average Bonchev–Trinajstić information content (AvgIpc) is 2.69. The lowest BCUT2D eigenvalue weighted by atomic mass is 10.0. The number of hydrogen-bond acceptors (Lipinski definition) is 5. The van der Waals surface area contributed by atoms with Gasteiger partial charge >= 0.3 is 5.97 Å². The molecule has 7 nitrogen and oxygen atoms in total. The molecular weight excluding hydrogens is 384 g/mol. The number of ether oxygens (including phenoxy) is 2. The van der Waals surface area contributed by atoms with E-state index in [1.807, 2.05) is 39.8 Å². The second kappa shape index (κ2) is 10.4. The first-order valence-electron chi connectivity index (χ1n) is 9.80. The molecule has 0 bridgehead atoms. The van der Waals surface area contributed by atoms with Crippen molar-refractivity contribution in [3.63, 3.8) is 0 Å². The van der Waals surface area contributed by atoms with Crippen LogP contribution in [0.25, 0.3) is 0 Å². The molecule has 2 N–H and O–H groups in total. The molecule has 2 rings (SSSR count). The van der Waals surface area contributed by atoms with Gasteiger partial charge in [-0.2, -0.15) is 0 Å². The Balaban J connectivity index is 1.85. The van der Waals surface area contributed by atoms with Gasteiger partial charge in [0.2, 0.25) is 0 Å². The van der Waals surface area contributed by atoms with Gasteiger partial charge in [0.1, 0.15) is 12.3 Å². The molecule has 0 saturated carbocycles. The van der Waals surface area contributed by atoms with Crippen LogP contribution < -0.4 is 15.4 Å². The van der Waals surface area contributed by atoms with Gasteiger partial charge in [0.25, 0.3) is 11.8 Å². The van der Waals surface area contributed by atoms with Crippen molar-refractivity contribution in [1.82, 2.24) is 5.32 Å². The van der Waals surface area contributed by atoms with E-state index in [2.05, 4.69) is 10.6 Å². The van der Waals surface area contributed by atoms with Gasteiger partial charge < -0.3 is 20.1 Å². The van der Waals surface area contributed by atoms with E-state index < -0.39 is 23.9 Å². The number of rotatable bonds is 8. The van der Waals surface area contributed by atoms with Crippen LogP contribution in [-0.4, -0.2) is 37.0 Å². The SMILES string of the molecule is CCOc1ccc(C(=O)NCC(=O)OC(C)C(=O)Nc2c(C)cc(C)cc2C)cc1. The van der Waals surface area contributed by atoms with Crippen LogP contribution >= 0.6 is 0 Å². The number of anilines is 1. The Morgan fingerprint density at radius 3 is 2.17 bits per heavy atom. The fourth-order valence-corrected chi connectivity index (χ4v) is 3.02. The van der Waals surface area contributed by atoms with E-state index in [-0.39, 0.29) is 6.54 Å². The Kier molecular flexibility index (Phi) is 7.98. The molecule has 0 aliphatic carbocycles. The molecule has 7 heteroatoms. The van der Waals surface area contributed by atoms with Crippen molar-refractivity contribution >= 4 is 23.5 Å². The third-order valence-corrected chi connectivity index (χ3v) is 4.42. The summed E-state index contributed by atoms with van der Waals surface area (Å²) in [6.07, 6.45) is -1.00. The minimum Gasteiger partial charge on any atom is -0.494 e. The summed E-state index contributed by atoms with van der Waals surface area (Å²) >= 11 is 0. The smallest absolute Gasteiger partial charge is 0.326 e. The molecule has 2 aromatic carbocycles. The van der Waals surface area contributed by atoms with E-state index in [0.717, 1.165) is 16.7 Å². The third-order valence-electron chi connectivity index (χ3n) is 4.42. The summed E-state index contributed by atoms with van der Waals surface area (Å²) in [6, 6.07) is 10.5. The molecule has 0 aliphatic heterocycles. The number of nitrogens with one attached hydrogen (secondary N) is 2. The molecule has 0 radical (unpaired) electrons. The van der Waals surface area contributed by atoms with Crippen molar-refractivity contribution in [2.45, 2.75) is 40.7 Å². The molecule has 2 aromatic rings. The van der Waals surface area contributed by atoms with E-state index in [0.29, 0.717) is 23.6 Å². The maximum absolute atomic E-state index is 12.4. The molecule has 0 saturated heterocycles. The largest absolute Gasteiger partial charge is 0.494 e. The van der Waals surface area contributed by atoms with Gasteiger partial charge in [-0.25, -0.2) is 0 Å². The van der Waals surface area contributed by atoms with Crippen LogP contribution in [0.1, 0.15) is 40.9 Å². The Hall–Kier alpha value is -3.35. The summed E-state index contributed by atoms with van der Waals surface area (Å²) in [5.74, 6) is -0.893. The normalized spacial score (nSPS) is 11.4. The highest BCUT2D eigenvalue weighted by atomic mass is 16.5. The summed E-state index contributed by atoms with van der Waals surface area (Å²) in [5, 5.41) is 5.28. The maximum Gasteiger partial charge on any atom is 0.326 e. The predicted molar refractivity (Wildman–Crippen MR) is 115 cm³/mol. The first kappa shape index (κ1) is 22.9. The number of amides is 2. The average molecular weight is 412 g/mol. The van der Waals surface area contributed by atoms with Crippen LogP contribution in [0.2, 0.25) is 0 Å². The molecule has 1 atom stereocenters. The molecule has 0 aliphatic rings. The van der Waals surface area contributed by atoms with Crippen LogP contribution in [-0.2, 0) is 14.3 Å². The number of carbonyl (C=O) groups is 3. The Morgan fingerprint density at radius 2 is 1.60 bits per heavy atom. The zero-order chi connectivity index (χ0) is 22.3. The van der Waals surface area contributed by atoms with Gasteiger partial charge in [-0.1, -0.05) is 17.7 Å². The number of hydrogen-bond donors (Lipinski definition) is 2. The van der Waals surface area contributed by atoms with Crippen LogP contribution in [0, 0.1) is 20.8 Å². The predicted octanol–water partition coefficient (Wildman–Crippen LogP) is 3.31. The number of esters is 1. The maximum atomic E-state index is 12.4. The van der Waals surface area contributed by atoms with Crippen molar-refractivity contribution in [3.8, 4) is 5.75 Å². The number of benzene rings is 2. The highest BCUT2D eigenvalue weighted by molar-refractivity contribution is 5.98. The minimum atomic E-state index is -1.00. The van der Waals surface area contributed by atoms with Crippen molar-refractivity contribution in [1.29, 1.82) is 0 Å². The molecule has 160 valence electrons. The lowest BCUT2D eigenvalue weighted by molar-refractivity contribution is -0.152. The molecule has 0 spiro atoms. The standard InChI is InChI=1S/C23H28N2O5/c1-6-29-19-9-7-18(8-10-19)23(28)24-13-20(26)30-17(5)22(27)25-21-15(3)11-14(2)12-16(21)4/h7-12,17H,6,13H2,1-5H3,(H,24,28)(H,25,27). The van der Waals surface area contributed by atoms with Crippen LogP contribution in [0.4, 0.5) is 5.69 Å². The Morgan fingerprint density at radius 1 is 1.00 bits per heavy atom. The summed E-state index contributed by atoms with van der Waals surface area (Å²) in [7, 11) is 0. The monoisotopic (exact) mass is 412 g/mol. The Bertz CT molecular complexity index is 899. The minimum absolute atomic E-state index is 0.341. The van der Waals surface area contributed by atoms with Crippen molar-refractivity contribution in [3.05, 3.63) is 58.7 Å². The Labute approximate surface area is 176 Å². The summed E-state index contributed by atoms with van der Waals surface area (Å²) in [6.45, 7) is 9.35. The van der Waals surface area contributed by atoms with E-state index >= 15 is 0 Å². The van der Waals surface area contributed by atoms with Gasteiger partial charge in [-0.15, -0.1) is 0 Å². The van der Waals surface area contributed by atoms with E-state index in [4.69, 9.17) is 9.47 Å². The molecule has 2 amide bonds. The fourth-order valence-electron chi connectivity index (χ4n) is 3.02. The number of aryl methyl sites for hydroxylation is 3. The van der Waals surface area contributed by atoms with Crippen molar-refractivity contribution in [2.24, 2.45) is 0 Å². The summed E-state index contributed by atoms with van der Waals surface area (Å²) < 4.78 is 10.5. The topological polar surface area (TPSA) is 93.7 Å².